The summed E-state index contributed by atoms with van der Waals surface area (Å²) in [4.78, 5) is 22.9. The van der Waals surface area contributed by atoms with Crippen molar-refractivity contribution in [3.05, 3.63) is 29.8 Å². The van der Waals surface area contributed by atoms with Gasteiger partial charge in [-0.15, -0.1) is 0 Å². The van der Waals surface area contributed by atoms with E-state index in [1.165, 1.54) is 0 Å². The van der Waals surface area contributed by atoms with E-state index < -0.39 is 5.97 Å². The van der Waals surface area contributed by atoms with Crippen LogP contribution in [0, 0.1) is 0 Å². The quantitative estimate of drug-likeness (QED) is 0.744. The molecule has 0 unspecified atom stereocenters. The van der Waals surface area contributed by atoms with Gasteiger partial charge in [-0.2, -0.15) is 0 Å². The number of anilines is 1. The molecule has 0 amide bonds. The number of carbonyl (C=O) groups excluding carboxylic acids is 1. The summed E-state index contributed by atoms with van der Waals surface area (Å²) in [6.45, 7) is 3.19. The van der Waals surface area contributed by atoms with E-state index in [2.05, 4.69) is 0 Å². The SMILES string of the molecule is CCN(CCC(=O)O)c1ccc(C=O)cc1. The first kappa shape index (κ1) is 12.2. The lowest BCUT2D eigenvalue weighted by Crippen LogP contribution is -2.25. The smallest absolute Gasteiger partial charge is 0.305 e. The molecule has 0 aromatic heterocycles. The lowest BCUT2D eigenvalue weighted by atomic mass is 10.2. The van der Waals surface area contributed by atoms with Gasteiger partial charge in [0.25, 0.3) is 0 Å². The molecule has 0 fully saturated rings. The molecular weight excluding hydrogens is 206 g/mol. The number of aldehydes is 1. The Morgan fingerprint density at radius 1 is 1.38 bits per heavy atom. The van der Waals surface area contributed by atoms with E-state index in [9.17, 15) is 9.59 Å². The Morgan fingerprint density at radius 3 is 2.44 bits per heavy atom. The molecule has 0 saturated heterocycles. The number of hydrogen-bond donors (Lipinski definition) is 1. The minimum atomic E-state index is -0.803. The zero-order valence-electron chi connectivity index (χ0n) is 9.22. The fourth-order valence-corrected chi connectivity index (χ4v) is 1.46. The molecule has 0 bridgehead atoms. The highest BCUT2D eigenvalue weighted by Gasteiger charge is 2.06. The summed E-state index contributed by atoms with van der Waals surface area (Å²) in [5, 5.41) is 8.61. The predicted octanol–water partition coefficient (Wildman–Crippen LogP) is 1.80. The molecular formula is C12H15NO3. The van der Waals surface area contributed by atoms with Gasteiger partial charge in [-0.1, -0.05) is 0 Å². The van der Waals surface area contributed by atoms with Crippen molar-refractivity contribution in [1.29, 1.82) is 0 Å². The van der Waals surface area contributed by atoms with Gasteiger partial charge in [-0.05, 0) is 31.2 Å². The molecule has 4 heteroatoms. The van der Waals surface area contributed by atoms with E-state index in [0.717, 1.165) is 18.5 Å². The van der Waals surface area contributed by atoms with Crippen LogP contribution >= 0.6 is 0 Å². The lowest BCUT2D eigenvalue weighted by Gasteiger charge is -2.22. The van der Waals surface area contributed by atoms with Crippen LogP contribution in [0.2, 0.25) is 0 Å². The van der Waals surface area contributed by atoms with Gasteiger partial charge in [0.15, 0.2) is 0 Å². The third kappa shape index (κ3) is 3.38. The van der Waals surface area contributed by atoms with Gasteiger partial charge >= 0.3 is 5.97 Å². The minimum Gasteiger partial charge on any atom is -0.481 e. The van der Waals surface area contributed by atoms with Gasteiger partial charge in [0, 0.05) is 24.3 Å². The molecule has 1 rings (SSSR count). The molecule has 0 atom stereocenters. The van der Waals surface area contributed by atoms with Crippen molar-refractivity contribution >= 4 is 17.9 Å². The van der Waals surface area contributed by atoms with Crippen molar-refractivity contribution in [1.82, 2.24) is 0 Å². The van der Waals surface area contributed by atoms with Crippen LogP contribution in [0.25, 0.3) is 0 Å². The van der Waals surface area contributed by atoms with Gasteiger partial charge in [0.05, 0.1) is 6.42 Å². The Morgan fingerprint density at radius 2 is 2.00 bits per heavy atom. The Kier molecular flexibility index (Phi) is 4.51. The van der Waals surface area contributed by atoms with Gasteiger partial charge in [-0.3, -0.25) is 9.59 Å². The van der Waals surface area contributed by atoms with E-state index in [4.69, 9.17) is 5.11 Å². The van der Waals surface area contributed by atoms with Crippen LogP contribution in [0.15, 0.2) is 24.3 Å². The zero-order chi connectivity index (χ0) is 12.0. The van der Waals surface area contributed by atoms with Crippen LogP contribution < -0.4 is 4.90 Å². The highest BCUT2D eigenvalue weighted by molar-refractivity contribution is 5.75. The molecule has 0 radical (unpaired) electrons. The molecule has 0 aliphatic rings. The number of carboxylic acid groups (broad SMARTS) is 1. The lowest BCUT2D eigenvalue weighted by molar-refractivity contribution is -0.136. The van der Waals surface area contributed by atoms with Gasteiger partial charge in [-0.25, -0.2) is 0 Å². The molecule has 86 valence electrons. The molecule has 1 aromatic rings. The highest BCUT2D eigenvalue weighted by Crippen LogP contribution is 2.14. The molecule has 16 heavy (non-hydrogen) atoms. The monoisotopic (exact) mass is 221 g/mol. The first-order valence-electron chi connectivity index (χ1n) is 5.19. The predicted molar refractivity (Wildman–Crippen MR) is 62.0 cm³/mol. The first-order chi connectivity index (χ1) is 7.67. The summed E-state index contributed by atoms with van der Waals surface area (Å²) in [6, 6.07) is 7.11. The maximum atomic E-state index is 10.5. The summed E-state index contributed by atoms with van der Waals surface area (Å²) in [5.74, 6) is -0.803. The highest BCUT2D eigenvalue weighted by atomic mass is 16.4. The number of aliphatic carboxylic acids is 1. The third-order valence-corrected chi connectivity index (χ3v) is 2.37. The number of carbonyl (C=O) groups is 2. The summed E-state index contributed by atoms with van der Waals surface area (Å²) in [5.41, 5.74) is 1.56. The fraction of sp³-hybridized carbons (Fsp3) is 0.333. The number of rotatable bonds is 6. The van der Waals surface area contributed by atoms with Crippen LogP contribution in [0.5, 0.6) is 0 Å². The number of carboxylic acids is 1. The van der Waals surface area contributed by atoms with Crippen LogP contribution in [-0.4, -0.2) is 30.5 Å². The molecule has 0 heterocycles. The van der Waals surface area contributed by atoms with Crippen molar-refractivity contribution in [2.45, 2.75) is 13.3 Å². The maximum absolute atomic E-state index is 10.5. The zero-order valence-corrected chi connectivity index (χ0v) is 9.22. The van der Waals surface area contributed by atoms with E-state index in [1.54, 1.807) is 12.1 Å². The molecule has 1 aromatic carbocycles. The van der Waals surface area contributed by atoms with Crippen LogP contribution in [0.4, 0.5) is 5.69 Å². The second kappa shape index (κ2) is 5.90. The van der Waals surface area contributed by atoms with E-state index in [-0.39, 0.29) is 6.42 Å². The average molecular weight is 221 g/mol. The van der Waals surface area contributed by atoms with Crippen LogP contribution in [0.1, 0.15) is 23.7 Å². The second-order valence-corrected chi connectivity index (χ2v) is 3.43. The van der Waals surface area contributed by atoms with Gasteiger partial charge < -0.3 is 10.0 Å². The van der Waals surface area contributed by atoms with Crippen LogP contribution in [-0.2, 0) is 4.79 Å². The largest absolute Gasteiger partial charge is 0.481 e. The summed E-state index contributed by atoms with van der Waals surface area (Å²) < 4.78 is 0. The second-order valence-electron chi connectivity index (χ2n) is 3.43. The fourth-order valence-electron chi connectivity index (χ4n) is 1.46. The number of nitrogens with zero attached hydrogens (tertiary/aromatic N) is 1. The molecule has 0 aliphatic heterocycles. The van der Waals surface area contributed by atoms with Crippen molar-refractivity contribution in [3.8, 4) is 0 Å². The van der Waals surface area contributed by atoms with E-state index >= 15 is 0 Å². The molecule has 0 saturated carbocycles. The van der Waals surface area contributed by atoms with E-state index in [0.29, 0.717) is 12.1 Å². The Hall–Kier alpha value is -1.84. The van der Waals surface area contributed by atoms with Crippen molar-refractivity contribution in [2.75, 3.05) is 18.0 Å². The van der Waals surface area contributed by atoms with E-state index in [1.807, 2.05) is 24.0 Å². The standard InChI is InChI=1S/C12H15NO3/c1-2-13(8-7-12(15)16)11-5-3-10(9-14)4-6-11/h3-6,9H,2,7-8H2,1H3,(H,15,16). The normalized spacial score (nSPS) is 9.81. The molecule has 4 nitrogen and oxygen atoms in total. The Labute approximate surface area is 94.5 Å². The van der Waals surface area contributed by atoms with Gasteiger partial charge in [0.1, 0.15) is 6.29 Å². The maximum Gasteiger partial charge on any atom is 0.305 e. The number of hydrogen-bond acceptors (Lipinski definition) is 3. The first-order valence-corrected chi connectivity index (χ1v) is 5.19. The molecule has 1 N–H and O–H groups in total. The Bertz CT molecular complexity index is 359. The summed E-state index contributed by atoms with van der Waals surface area (Å²) in [7, 11) is 0. The van der Waals surface area contributed by atoms with Crippen LogP contribution in [0.3, 0.4) is 0 Å². The molecule has 0 spiro atoms. The summed E-state index contributed by atoms with van der Waals surface area (Å²) >= 11 is 0. The average Bonchev–Trinajstić information content (AvgIpc) is 2.30. The Balaban J connectivity index is 2.70. The van der Waals surface area contributed by atoms with Crippen molar-refractivity contribution in [3.63, 3.8) is 0 Å². The summed E-state index contributed by atoms with van der Waals surface area (Å²) in [6.07, 6.45) is 0.903. The van der Waals surface area contributed by atoms with Gasteiger partial charge in [0.2, 0.25) is 0 Å². The topological polar surface area (TPSA) is 57.6 Å². The third-order valence-electron chi connectivity index (χ3n) is 2.37. The van der Waals surface area contributed by atoms with Crippen molar-refractivity contribution < 1.29 is 14.7 Å². The van der Waals surface area contributed by atoms with Crippen molar-refractivity contribution in [2.24, 2.45) is 0 Å². The minimum absolute atomic E-state index is 0.114. The number of benzene rings is 1. The molecule has 0 aliphatic carbocycles.